The number of aromatic nitrogens is 2. The highest BCUT2D eigenvalue weighted by Gasteiger charge is 2.15. The molecule has 5 heteroatoms. The summed E-state index contributed by atoms with van der Waals surface area (Å²) in [5, 5.41) is 4.17. The zero-order valence-corrected chi connectivity index (χ0v) is 12.0. The minimum absolute atomic E-state index is 0.293. The molecule has 0 bridgehead atoms. The van der Waals surface area contributed by atoms with Crippen molar-refractivity contribution in [3.8, 4) is 0 Å². The fraction of sp³-hybridized carbons (Fsp3) is 0.750. The first-order chi connectivity index (χ1) is 7.92. The van der Waals surface area contributed by atoms with E-state index in [4.69, 9.17) is 5.84 Å². The summed E-state index contributed by atoms with van der Waals surface area (Å²) in [5.41, 5.74) is 4.16. The second kappa shape index (κ2) is 6.42. The van der Waals surface area contributed by atoms with E-state index >= 15 is 0 Å². The van der Waals surface area contributed by atoms with Gasteiger partial charge in [0.05, 0.1) is 0 Å². The topological polar surface area (TPSA) is 55.9 Å². The van der Waals surface area contributed by atoms with Gasteiger partial charge < -0.3 is 0 Å². The molecule has 0 amide bonds. The van der Waals surface area contributed by atoms with Crippen molar-refractivity contribution >= 4 is 11.8 Å². The average Bonchev–Trinajstić information content (AvgIpc) is 2.63. The third-order valence-corrected chi connectivity index (χ3v) is 4.06. The van der Waals surface area contributed by atoms with Crippen LogP contribution in [0.2, 0.25) is 0 Å². The zero-order chi connectivity index (χ0) is 12.9. The number of nitrogens with one attached hydrogen (secondary N) is 1. The molecule has 1 aromatic rings. The SMILES string of the molecule is Cn1nccc1CCC(CSC(C)(C)C)NN. The van der Waals surface area contributed by atoms with E-state index in [9.17, 15) is 0 Å². The standard InChI is InChI=1S/C12H24N4S/c1-12(2,3)17-9-10(15-13)5-6-11-7-8-14-16(11)4/h7-8,10,15H,5-6,9,13H2,1-4H3. The van der Waals surface area contributed by atoms with Crippen molar-refractivity contribution in [1.82, 2.24) is 15.2 Å². The molecule has 0 aliphatic rings. The van der Waals surface area contributed by atoms with Crippen LogP contribution in [0.25, 0.3) is 0 Å². The van der Waals surface area contributed by atoms with E-state index in [0.29, 0.717) is 10.8 Å². The lowest BCUT2D eigenvalue weighted by molar-refractivity contribution is 0.526. The second-order valence-corrected chi connectivity index (χ2v) is 7.12. The van der Waals surface area contributed by atoms with Crippen molar-refractivity contribution in [3.05, 3.63) is 18.0 Å². The van der Waals surface area contributed by atoms with Gasteiger partial charge in [-0.1, -0.05) is 20.8 Å². The predicted octanol–water partition coefficient (Wildman–Crippen LogP) is 1.72. The Labute approximate surface area is 108 Å². The summed E-state index contributed by atoms with van der Waals surface area (Å²) in [6, 6.07) is 2.42. The van der Waals surface area contributed by atoms with Crippen molar-refractivity contribution in [2.75, 3.05) is 5.75 Å². The van der Waals surface area contributed by atoms with Crippen molar-refractivity contribution in [2.24, 2.45) is 12.9 Å². The number of hydrogen-bond acceptors (Lipinski definition) is 4. The first-order valence-corrected chi connectivity index (χ1v) is 6.98. The van der Waals surface area contributed by atoms with Gasteiger partial charge in [-0.2, -0.15) is 16.9 Å². The van der Waals surface area contributed by atoms with E-state index in [1.54, 1.807) is 0 Å². The molecule has 1 heterocycles. The maximum Gasteiger partial charge on any atom is 0.0492 e. The summed E-state index contributed by atoms with van der Waals surface area (Å²) < 4.78 is 2.21. The highest BCUT2D eigenvalue weighted by Crippen LogP contribution is 2.24. The molecular formula is C12H24N4S. The molecule has 98 valence electrons. The van der Waals surface area contributed by atoms with Gasteiger partial charge in [-0.05, 0) is 18.9 Å². The van der Waals surface area contributed by atoms with Crippen LogP contribution in [0.1, 0.15) is 32.9 Å². The Morgan fingerprint density at radius 1 is 1.53 bits per heavy atom. The Kier molecular flexibility index (Phi) is 5.49. The molecule has 1 unspecified atom stereocenters. The summed E-state index contributed by atoms with van der Waals surface area (Å²) in [5.74, 6) is 6.63. The van der Waals surface area contributed by atoms with Gasteiger partial charge in [-0.25, -0.2) is 0 Å². The highest BCUT2D eigenvalue weighted by atomic mass is 32.2. The zero-order valence-electron chi connectivity index (χ0n) is 11.2. The highest BCUT2D eigenvalue weighted by molar-refractivity contribution is 8.00. The number of hydrazine groups is 1. The molecule has 0 spiro atoms. The lowest BCUT2D eigenvalue weighted by Gasteiger charge is -2.22. The molecule has 17 heavy (non-hydrogen) atoms. The summed E-state index contributed by atoms with van der Waals surface area (Å²) >= 11 is 1.94. The van der Waals surface area contributed by atoms with E-state index in [1.807, 2.05) is 29.7 Å². The van der Waals surface area contributed by atoms with E-state index in [-0.39, 0.29) is 0 Å². The van der Waals surface area contributed by atoms with Crippen LogP contribution < -0.4 is 11.3 Å². The Morgan fingerprint density at radius 3 is 2.71 bits per heavy atom. The van der Waals surface area contributed by atoms with Gasteiger partial charge in [0.2, 0.25) is 0 Å². The number of thioether (sulfide) groups is 1. The molecule has 3 N–H and O–H groups in total. The lowest BCUT2D eigenvalue weighted by atomic mass is 10.1. The molecule has 0 fully saturated rings. The minimum atomic E-state index is 0.293. The van der Waals surface area contributed by atoms with Gasteiger partial charge in [0.15, 0.2) is 0 Å². The quantitative estimate of drug-likeness (QED) is 0.601. The third kappa shape index (κ3) is 5.57. The van der Waals surface area contributed by atoms with Gasteiger partial charge in [0.25, 0.3) is 0 Å². The van der Waals surface area contributed by atoms with Crippen molar-refractivity contribution in [1.29, 1.82) is 0 Å². The van der Waals surface area contributed by atoms with Crippen LogP contribution in [0.15, 0.2) is 12.3 Å². The lowest BCUT2D eigenvalue weighted by Crippen LogP contribution is -2.38. The maximum absolute atomic E-state index is 5.59. The van der Waals surface area contributed by atoms with Crippen LogP contribution in [0.3, 0.4) is 0 Å². The van der Waals surface area contributed by atoms with Crippen LogP contribution in [0, 0.1) is 0 Å². The first kappa shape index (κ1) is 14.5. The summed E-state index contributed by atoms with van der Waals surface area (Å²) in [4.78, 5) is 0. The monoisotopic (exact) mass is 256 g/mol. The largest absolute Gasteiger partial charge is 0.273 e. The Balaban J connectivity index is 2.35. The van der Waals surface area contributed by atoms with Crippen molar-refractivity contribution < 1.29 is 0 Å². The van der Waals surface area contributed by atoms with Gasteiger partial charge in [-0.3, -0.25) is 16.0 Å². The second-order valence-electron chi connectivity index (χ2n) is 5.27. The third-order valence-electron chi connectivity index (χ3n) is 2.62. The van der Waals surface area contributed by atoms with Gasteiger partial charge >= 0.3 is 0 Å². The van der Waals surface area contributed by atoms with Crippen molar-refractivity contribution in [2.45, 2.75) is 44.4 Å². The number of hydrogen-bond donors (Lipinski definition) is 2. The summed E-state index contributed by atoms with van der Waals surface area (Å²) in [6.45, 7) is 6.69. The Bertz CT molecular complexity index is 329. The van der Waals surface area contributed by atoms with Crippen LogP contribution >= 0.6 is 11.8 Å². The smallest absolute Gasteiger partial charge is 0.0492 e. The number of aryl methyl sites for hydroxylation is 2. The Morgan fingerprint density at radius 2 is 2.24 bits per heavy atom. The number of nitrogens with zero attached hydrogens (tertiary/aromatic N) is 2. The number of nitrogens with two attached hydrogens (primary N) is 1. The molecule has 0 saturated heterocycles. The fourth-order valence-electron chi connectivity index (χ4n) is 1.53. The molecule has 0 radical (unpaired) electrons. The number of rotatable bonds is 6. The molecule has 1 aromatic heterocycles. The van der Waals surface area contributed by atoms with E-state index in [0.717, 1.165) is 18.6 Å². The van der Waals surface area contributed by atoms with Gasteiger partial charge in [-0.15, -0.1) is 0 Å². The molecule has 0 saturated carbocycles. The molecule has 0 aromatic carbocycles. The van der Waals surface area contributed by atoms with Crippen LogP contribution in [-0.4, -0.2) is 26.3 Å². The van der Waals surface area contributed by atoms with Crippen LogP contribution in [0.4, 0.5) is 0 Å². The van der Waals surface area contributed by atoms with Crippen LogP contribution in [-0.2, 0) is 13.5 Å². The van der Waals surface area contributed by atoms with Crippen LogP contribution in [0.5, 0.6) is 0 Å². The molecule has 1 rings (SSSR count). The average molecular weight is 256 g/mol. The van der Waals surface area contributed by atoms with E-state index < -0.39 is 0 Å². The molecule has 4 nitrogen and oxygen atoms in total. The van der Waals surface area contributed by atoms with E-state index in [1.165, 1.54) is 5.69 Å². The van der Waals surface area contributed by atoms with Gasteiger partial charge in [0.1, 0.15) is 0 Å². The summed E-state index contributed by atoms with van der Waals surface area (Å²) in [7, 11) is 1.98. The maximum atomic E-state index is 5.59. The Hall–Kier alpha value is -0.520. The predicted molar refractivity (Wildman–Crippen MR) is 74.9 cm³/mol. The first-order valence-electron chi connectivity index (χ1n) is 5.99. The minimum Gasteiger partial charge on any atom is -0.273 e. The fourth-order valence-corrected chi connectivity index (χ4v) is 2.50. The molecule has 1 atom stereocenters. The van der Waals surface area contributed by atoms with Gasteiger partial charge in [0, 0.05) is 35.5 Å². The summed E-state index contributed by atoms with van der Waals surface area (Å²) in [6.07, 6.45) is 3.89. The molecule has 0 aliphatic heterocycles. The van der Waals surface area contributed by atoms with Crippen molar-refractivity contribution in [3.63, 3.8) is 0 Å². The molecular weight excluding hydrogens is 232 g/mol. The molecule has 0 aliphatic carbocycles. The normalized spacial score (nSPS) is 13.9. The van der Waals surface area contributed by atoms with E-state index in [2.05, 4.69) is 37.4 Å².